The Morgan fingerprint density at radius 1 is 1.36 bits per heavy atom. The van der Waals surface area contributed by atoms with E-state index in [0.29, 0.717) is 10.6 Å². The van der Waals surface area contributed by atoms with Crippen molar-refractivity contribution in [3.63, 3.8) is 0 Å². The van der Waals surface area contributed by atoms with Crippen molar-refractivity contribution >= 4 is 26.4 Å². The van der Waals surface area contributed by atoms with Crippen LogP contribution in [0.3, 0.4) is 0 Å². The Balaban J connectivity index is 2.62. The van der Waals surface area contributed by atoms with Gasteiger partial charge < -0.3 is 0 Å². The van der Waals surface area contributed by atoms with Gasteiger partial charge in [-0.05, 0) is 10.9 Å². The summed E-state index contributed by atoms with van der Waals surface area (Å²) < 4.78 is 0. The Hall–Kier alpha value is -1.25. The fraction of sp³-hybridized carbons (Fsp3) is 0.111. The number of hydrogen-bond donors (Lipinski definition) is 1. The van der Waals surface area contributed by atoms with E-state index in [1.54, 1.807) is 12.1 Å². The Morgan fingerprint density at radius 3 is 2.79 bits per heavy atom. The minimum absolute atomic E-state index is 0.194. The molecule has 0 saturated carbocycles. The average molecular weight is 208 g/mol. The van der Waals surface area contributed by atoms with Crippen molar-refractivity contribution in [2.75, 3.05) is 0 Å². The second-order valence-electron chi connectivity index (χ2n) is 3.13. The number of fused-ring (bicyclic) bond motifs is 1. The van der Waals surface area contributed by atoms with Crippen LogP contribution in [0.1, 0.15) is 15.9 Å². The number of nitrogens with zero attached hydrogens (tertiary/aromatic N) is 1. The molecule has 0 radical (unpaired) electrons. The quantitative estimate of drug-likeness (QED) is 0.273. The van der Waals surface area contributed by atoms with E-state index in [9.17, 15) is 9.59 Å². The van der Waals surface area contributed by atoms with Gasteiger partial charge in [-0.3, -0.25) is 9.59 Å². The molecule has 0 aliphatic carbocycles. The third kappa shape index (κ3) is 1.24. The summed E-state index contributed by atoms with van der Waals surface area (Å²) in [5, 5.41) is 1.45. The molecule has 0 bridgehead atoms. The lowest BCUT2D eigenvalue weighted by Gasteiger charge is -2.23. The van der Waals surface area contributed by atoms with Gasteiger partial charge >= 0.3 is 0 Å². The number of nitrogens with two attached hydrogens (primary N) is 1. The monoisotopic (exact) mass is 208 g/mol. The standard InChI is InChI=1S/C9H9N2O2P/c10-11-7(12)4-5-2-1-3-6(14)8(5)9(11)13/h1-3H,4,10,14H2. The lowest BCUT2D eigenvalue weighted by atomic mass is 9.99. The number of amides is 2. The van der Waals surface area contributed by atoms with E-state index >= 15 is 0 Å². The average Bonchev–Trinajstić information content (AvgIpc) is 2.14. The van der Waals surface area contributed by atoms with Crippen LogP contribution in [0.2, 0.25) is 0 Å². The van der Waals surface area contributed by atoms with E-state index in [4.69, 9.17) is 5.84 Å². The second kappa shape index (κ2) is 3.15. The normalized spacial score (nSPS) is 15.7. The van der Waals surface area contributed by atoms with Gasteiger partial charge in [-0.2, -0.15) is 0 Å². The topological polar surface area (TPSA) is 63.4 Å². The van der Waals surface area contributed by atoms with Crippen molar-refractivity contribution in [2.45, 2.75) is 6.42 Å². The van der Waals surface area contributed by atoms with Crippen molar-refractivity contribution < 1.29 is 9.59 Å². The maximum Gasteiger partial charge on any atom is 0.275 e. The maximum absolute atomic E-state index is 11.6. The third-order valence-corrected chi connectivity index (χ3v) is 2.71. The highest BCUT2D eigenvalue weighted by Crippen LogP contribution is 2.17. The van der Waals surface area contributed by atoms with E-state index in [1.165, 1.54) is 0 Å². The highest BCUT2D eigenvalue weighted by Gasteiger charge is 2.29. The second-order valence-corrected chi connectivity index (χ2v) is 3.75. The molecule has 1 aliphatic heterocycles. The van der Waals surface area contributed by atoms with Gasteiger partial charge in [0.1, 0.15) is 0 Å². The number of carbonyl (C=O) groups excluding carboxylic acids is 2. The van der Waals surface area contributed by atoms with Crippen molar-refractivity contribution in [1.82, 2.24) is 5.01 Å². The number of rotatable bonds is 0. The molecule has 1 heterocycles. The minimum Gasteiger partial charge on any atom is -0.273 e. The van der Waals surface area contributed by atoms with Gasteiger partial charge in [-0.15, -0.1) is 9.24 Å². The van der Waals surface area contributed by atoms with Gasteiger partial charge in [0, 0.05) is 0 Å². The van der Waals surface area contributed by atoms with Crippen molar-refractivity contribution in [1.29, 1.82) is 0 Å². The highest BCUT2D eigenvalue weighted by atomic mass is 31.0. The molecule has 14 heavy (non-hydrogen) atoms. The summed E-state index contributed by atoms with van der Waals surface area (Å²) in [6.45, 7) is 0. The van der Waals surface area contributed by atoms with Crippen LogP contribution in [-0.4, -0.2) is 16.8 Å². The van der Waals surface area contributed by atoms with Crippen molar-refractivity contribution in [3.8, 4) is 0 Å². The Morgan fingerprint density at radius 2 is 2.07 bits per heavy atom. The van der Waals surface area contributed by atoms with Crippen LogP contribution in [-0.2, 0) is 11.2 Å². The molecule has 1 aromatic rings. The predicted molar refractivity (Wildman–Crippen MR) is 54.9 cm³/mol. The number of hydrogen-bond acceptors (Lipinski definition) is 3. The molecule has 72 valence electrons. The highest BCUT2D eigenvalue weighted by molar-refractivity contribution is 7.27. The first-order chi connectivity index (χ1) is 6.61. The summed E-state index contributed by atoms with van der Waals surface area (Å²) in [5.74, 6) is 4.54. The summed E-state index contributed by atoms with van der Waals surface area (Å²) in [6, 6.07) is 5.38. The van der Waals surface area contributed by atoms with Crippen LogP contribution in [0.4, 0.5) is 0 Å². The molecule has 4 nitrogen and oxygen atoms in total. The van der Waals surface area contributed by atoms with Crippen LogP contribution in [0, 0.1) is 0 Å². The largest absolute Gasteiger partial charge is 0.275 e. The molecular formula is C9H9N2O2P. The third-order valence-electron chi connectivity index (χ3n) is 2.23. The van der Waals surface area contributed by atoms with Gasteiger partial charge in [0.15, 0.2) is 0 Å². The van der Waals surface area contributed by atoms with Gasteiger partial charge in [0.05, 0.1) is 12.0 Å². The number of carbonyl (C=O) groups is 2. The Bertz CT molecular complexity index is 431. The fourth-order valence-electron chi connectivity index (χ4n) is 1.51. The Kier molecular flexibility index (Phi) is 2.10. The molecule has 1 aliphatic rings. The lowest BCUT2D eigenvalue weighted by Crippen LogP contribution is -2.48. The number of hydrazine groups is 1. The molecule has 0 aromatic heterocycles. The van der Waals surface area contributed by atoms with Crippen molar-refractivity contribution in [2.24, 2.45) is 5.84 Å². The fourth-order valence-corrected chi connectivity index (χ4v) is 1.93. The number of benzene rings is 1. The minimum atomic E-state index is -0.429. The zero-order chi connectivity index (χ0) is 10.3. The molecule has 1 atom stereocenters. The van der Waals surface area contributed by atoms with E-state index in [0.717, 1.165) is 10.9 Å². The van der Waals surface area contributed by atoms with Crippen LogP contribution >= 0.6 is 9.24 Å². The van der Waals surface area contributed by atoms with Gasteiger partial charge in [-0.1, -0.05) is 18.2 Å². The van der Waals surface area contributed by atoms with E-state index < -0.39 is 5.91 Å². The lowest BCUT2D eigenvalue weighted by molar-refractivity contribution is -0.128. The molecule has 0 saturated heterocycles. The maximum atomic E-state index is 11.6. The molecule has 0 fully saturated rings. The van der Waals surface area contributed by atoms with Gasteiger partial charge in [0.2, 0.25) is 5.91 Å². The smallest absolute Gasteiger partial charge is 0.273 e. The number of imide groups is 1. The summed E-state index contributed by atoms with van der Waals surface area (Å²) in [6.07, 6.45) is 0.194. The summed E-state index contributed by atoms with van der Waals surface area (Å²) >= 11 is 0. The van der Waals surface area contributed by atoms with Gasteiger partial charge in [0.25, 0.3) is 5.91 Å². The molecule has 2 N–H and O–H groups in total. The van der Waals surface area contributed by atoms with E-state index in [2.05, 4.69) is 9.24 Å². The summed E-state index contributed by atoms with van der Waals surface area (Å²) in [7, 11) is 2.47. The van der Waals surface area contributed by atoms with Crippen LogP contribution in [0.5, 0.6) is 0 Å². The molecule has 2 amide bonds. The predicted octanol–water partition coefficient (Wildman–Crippen LogP) is -0.414. The summed E-state index contributed by atoms with van der Waals surface area (Å²) in [4.78, 5) is 22.9. The molecule has 2 rings (SSSR count). The summed E-state index contributed by atoms with van der Waals surface area (Å²) in [5.41, 5.74) is 1.27. The zero-order valence-corrected chi connectivity index (χ0v) is 8.51. The molecule has 1 aromatic carbocycles. The molecule has 5 heteroatoms. The van der Waals surface area contributed by atoms with E-state index in [1.807, 2.05) is 6.07 Å². The van der Waals surface area contributed by atoms with Crippen LogP contribution in [0.15, 0.2) is 18.2 Å². The van der Waals surface area contributed by atoms with E-state index in [-0.39, 0.29) is 12.3 Å². The molecular weight excluding hydrogens is 199 g/mol. The first-order valence-electron chi connectivity index (χ1n) is 4.10. The van der Waals surface area contributed by atoms with Crippen molar-refractivity contribution in [3.05, 3.63) is 29.3 Å². The first kappa shape index (κ1) is 9.31. The Labute approximate surface area is 83.2 Å². The van der Waals surface area contributed by atoms with Crippen LogP contribution < -0.4 is 11.1 Å². The molecule has 1 unspecified atom stereocenters. The van der Waals surface area contributed by atoms with Gasteiger partial charge in [-0.25, -0.2) is 10.9 Å². The molecule has 0 spiro atoms. The zero-order valence-electron chi connectivity index (χ0n) is 7.36. The first-order valence-corrected chi connectivity index (χ1v) is 4.68. The SMILES string of the molecule is NN1C(=O)Cc2cccc(P)c2C1=O. The van der Waals surface area contributed by atoms with Crippen LogP contribution in [0.25, 0.3) is 0 Å².